The van der Waals surface area contributed by atoms with Crippen molar-refractivity contribution in [2.24, 2.45) is 0 Å². The zero-order valence-electron chi connectivity index (χ0n) is 9.08. The van der Waals surface area contributed by atoms with E-state index in [1.165, 1.54) is 24.0 Å². The Morgan fingerprint density at radius 2 is 2.07 bits per heavy atom. The van der Waals surface area contributed by atoms with E-state index in [9.17, 15) is 0 Å². The van der Waals surface area contributed by atoms with Gasteiger partial charge in [0.05, 0.1) is 0 Å². The highest BCUT2D eigenvalue weighted by Crippen LogP contribution is 2.41. The highest BCUT2D eigenvalue weighted by Gasteiger charge is 2.25. The largest absolute Gasteiger partial charge is 0.396 e. The van der Waals surface area contributed by atoms with Gasteiger partial charge in [0, 0.05) is 13.2 Å². The van der Waals surface area contributed by atoms with E-state index in [4.69, 9.17) is 5.11 Å². The Bertz CT molecular complexity index is 307. The van der Waals surface area contributed by atoms with E-state index >= 15 is 0 Å². The van der Waals surface area contributed by atoms with Crippen LogP contribution in [-0.4, -0.2) is 18.3 Å². The normalized spacial score (nSPS) is 15.5. The van der Waals surface area contributed by atoms with E-state index in [-0.39, 0.29) is 6.61 Å². The Balaban J connectivity index is 1.89. The van der Waals surface area contributed by atoms with Gasteiger partial charge in [-0.1, -0.05) is 24.3 Å². The van der Waals surface area contributed by atoms with Gasteiger partial charge in [-0.25, -0.2) is 0 Å². The van der Waals surface area contributed by atoms with Crippen LogP contribution >= 0.6 is 0 Å². The summed E-state index contributed by atoms with van der Waals surface area (Å²) in [5.74, 6) is 0.820. The second kappa shape index (κ2) is 5.29. The maximum absolute atomic E-state index is 8.68. The molecule has 0 aliphatic heterocycles. The lowest BCUT2D eigenvalue weighted by Gasteiger charge is -2.09. The number of aliphatic hydroxyl groups is 1. The molecule has 2 heteroatoms. The first kappa shape index (κ1) is 10.7. The first-order chi connectivity index (χ1) is 7.42. The summed E-state index contributed by atoms with van der Waals surface area (Å²) < 4.78 is 0. The van der Waals surface area contributed by atoms with Crippen molar-refractivity contribution in [2.75, 3.05) is 13.2 Å². The molecule has 0 radical (unpaired) electrons. The van der Waals surface area contributed by atoms with Crippen LogP contribution < -0.4 is 5.32 Å². The Kier molecular flexibility index (Phi) is 3.75. The second-order valence-corrected chi connectivity index (χ2v) is 4.23. The fraction of sp³-hybridized carbons (Fsp3) is 0.538. The summed E-state index contributed by atoms with van der Waals surface area (Å²) in [7, 11) is 0. The SMILES string of the molecule is OCCCNCc1ccccc1C1CC1. The lowest BCUT2D eigenvalue weighted by molar-refractivity contribution is 0.286. The van der Waals surface area contributed by atoms with Crippen LogP contribution in [0.4, 0.5) is 0 Å². The molecular weight excluding hydrogens is 186 g/mol. The van der Waals surface area contributed by atoms with E-state index in [2.05, 4.69) is 29.6 Å². The summed E-state index contributed by atoms with van der Waals surface area (Å²) in [5, 5.41) is 12.0. The molecule has 1 aliphatic rings. The Morgan fingerprint density at radius 1 is 1.27 bits per heavy atom. The van der Waals surface area contributed by atoms with Crippen LogP contribution in [0.1, 0.15) is 36.3 Å². The van der Waals surface area contributed by atoms with Crippen LogP contribution in [0.5, 0.6) is 0 Å². The fourth-order valence-corrected chi connectivity index (χ4v) is 1.91. The Hall–Kier alpha value is -0.860. The van der Waals surface area contributed by atoms with Crippen LogP contribution in [0.15, 0.2) is 24.3 Å². The fourth-order valence-electron chi connectivity index (χ4n) is 1.91. The molecule has 0 amide bonds. The number of hydrogen-bond acceptors (Lipinski definition) is 2. The molecule has 0 aromatic heterocycles. The van der Waals surface area contributed by atoms with E-state index < -0.39 is 0 Å². The molecule has 1 aliphatic carbocycles. The predicted octanol–water partition coefficient (Wildman–Crippen LogP) is 2.04. The second-order valence-electron chi connectivity index (χ2n) is 4.23. The number of aliphatic hydroxyl groups excluding tert-OH is 1. The molecule has 0 heterocycles. The number of benzene rings is 1. The van der Waals surface area contributed by atoms with Crippen molar-refractivity contribution < 1.29 is 5.11 Å². The molecule has 2 rings (SSSR count). The first-order valence-corrected chi connectivity index (χ1v) is 5.81. The summed E-state index contributed by atoms with van der Waals surface area (Å²) in [6, 6.07) is 8.69. The van der Waals surface area contributed by atoms with Crippen molar-refractivity contribution in [3.63, 3.8) is 0 Å². The highest BCUT2D eigenvalue weighted by molar-refractivity contribution is 5.33. The summed E-state index contributed by atoms with van der Waals surface area (Å²) in [6.07, 6.45) is 3.55. The monoisotopic (exact) mass is 205 g/mol. The first-order valence-electron chi connectivity index (χ1n) is 5.81. The lowest BCUT2D eigenvalue weighted by Crippen LogP contribution is -2.16. The molecule has 82 valence electrons. The summed E-state index contributed by atoms with van der Waals surface area (Å²) >= 11 is 0. The number of rotatable bonds is 6. The Labute approximate surface area is 91.3 Å². The van der Waals surface area contributed by atoms with Gasteiger partial charge in [-0.05, 0) is 42.9 Å². The van der Waals surface area contributed by atoms with Crippen molar-refractivity contribution >= 4 is 0 Å². The topological polar surface area (TPSA) is 32.3 Å². The van der Waals surface area contributed by atoms with Gasteiger partial charge in [0.15, 0.2) is 0 Å². The Morgan fingerprint density at radius 3 is 2.80 bits per heavy atom. The third kappa shape index (κ3) is 3.05. The van der Waals surface area contributed by atoms with Gasteiger partial charge < -0.3 is 10.4 Å². The molecule has 2 nitrogen and oxygen atoms in total. The quantitative estimate of drug-likeness (QED) is 0.696. The van der Waals surface area contributed by atoms with Crippen molar-refractivity contribution in [2.45, 2.75) is 31.7 Å². The lowest BCUT2D eigenvalue weighted by atomic mass is 10.0. The van der Waals surface area contributed by atoms with E-state index in [1.54, 1.807) is 0 Å². The van der Waals surface area contributed by atoms with Crippen LogP contribution in [0.25, 0.3) is 0 Å². The van der Waals surface area contributed by atoms with E-state index in [0.717, 1.165) is 25.4 Å². The van der Waals surface area contributed by atoms with Gasteiger partial charge in [0.25, 0.3) is 0 Å². The summed E-state index contributed by atoms with van der Waals surface area (Å²) in [6.45, 7) is 2.11. The van der Waals surface area contributed by atoms with E-state index in [0.29, 0.717) is 0 Å². The molecule has 1 aromatic carbocycles. The van der Waals surface area contributed by atoms with Gasteiger partial charge in [-0.3, -0.25) is 0 Å². The zero-order valence-corrected chi connectivity index (χ0v) is 9.08. The van der Waals surface area contributed by atoms with Crippen LogP contribution in [0.3, 0.4) is 0 Å². The van der Waals surface area contributed by atoms with Gasteiger partial charge >= 0.3 is 0 Å². The molecule has 15 heavy (non-hydrogen) atoms. The van der Waals surface area contributed by atoms with Gasteiger partial charge in [0.2, 0.25) is 0 Å². The third-order valence-corrected chi connectivity index (χ3v) is 2.90. The summed E-state index contributed by atoms with van der Waals surface area (Å²) in [4.78, 5) is 0. The highest BCUT2D eigenvalue weighted by atomic mass is 16.3. The minimum atomic E-state index is 0.275. The average Bonchev–Trinajstić information content (AvgIpc) is 3.09. The molecule has 1 saturated carbocycles. The number of hydrogen-bond donors (Lipinski definition) is 2. The molecule has 0 bridgehead atoms. The molecular formula is C13H19NO. The molecule has 0 spiro atoms. The van der Waals surface area contributed by atoms with Crippen molar-refractivity contribution in [1.82, 2.24) is 5.32 Å². The third-order valence-electron chi connectivity index (χ3n) is 2.90. The average molecular weight is 205 g/mol. The van der Waals surface area contributed by atoms with Gasteiger partial charge in [-0.2, -0.15) is 0 Å². The van der Waals surface area contributed by atoms with Crippen molar-refractivity contribution in [3.05, 3.63) is 35.4 Å². The van der Waals surface area contributed by atoms with Crippen molar-refractivity contribution in [3.8, 4) is 0 Å². The van der Waals surface area contributed by atoms with Crippen LogP contribution in [0.2, 0.25) is 0 Å². The molecule has 1 fully saturated rings. The summed E-state index contributed by atoms with van der Waals surface area (Å²) in [5.41, 5.74) is 2.95. The van der Waals surface area contributed by atoms with Crippen molar-refractivity contribution in [1.29, 1.82) is 0 Å². The van der Waals surface area contributed by atoms with E-state index in [1.807, 2.05) is 0 Å². The molecule has 2 N–H and O–H groups in total. The maximum Gasteiger partial charge on any atom is 0.0443 e. The maximum atomic E-state index is 8.68. The minimum absolute atomic E-state index is 0.275. The molecule has 0 saturated heterocycles. The smallest absolute Gasteiger partial charge is 0.0443 e. The minimum Gasteiger partial charge on any atom is -0.396 e. The van der Waals surface area contributed by atoms with Crippen LogP contribution in [0, 0.1) is 0 Å². The van der Waals surface area contributed by atoms with Gasteiger partial charge in [0.1, 0.15) is 0 Å². The molecule has 1 aromatic rings. The number of nitrogens with one attached hydrogen (secondary N) is 1. The zero-order chi connectivity index (χ0) is 10.5. The predicted molar refractivity (Wildman–Crippen MR) is 61.8 cm³/mol. The van der Waals surface area contributed by atoms with Gasteiger partial charge in [-0.15, -0.1) is 0 Å². The molecule has 0 atom stereocenters. The van der Waals surface area contributed by atoms with Crippen LogP contribution in [-0.2, 0) is 6.54 Å². The standard InChI is InChI=1S/C13H19NO/c15-9-3-8-14-10-12-4-1-2-5-13(12)11-6-7-11/h1-2,4-5,11,14-15H,3,6-10H2. The molecule has 0 unspecified atom stereocenters.